The zero-order valence-electron chi connectivity index (χ0n) is 14.7. The summed E-state index contributed by atoms with van der Waals surface area (Å²) in [6.07, 6.45) is 0. The van der Waals surface area contributed by atoms with Crippen LogP contribution in [0.15, 0.2) is 42.5 Å². The lowest BCUT2D eigenvalue weighted by Crippen LogP contribution is -2.42. The van der Waals surface area contributed by atoms with Gasteiger partial charge in [0.2, 0.25) is 5.91 Å². The van der Waals surface area contributed by atoms with E-state index in [0.717, 1.165) is 22.6 Å². The Labute approximate surface area is 154 Å². The molecule has 1 fully saturated rings. The molecule has 2 N–H and O–H groups in total. The van der Waals surface area contributed by atoms with Crippen LogP contribution in [0.3, 0.4) is 0 Å². The van der Waals surface area contributed by atoms with Crippen molar-refractivity contribution in [3.8, 4) is 0 Å². The van der Waals surface area contributed by atoms with Gasteiger partial charge in [-0.1, -0.05) is 24.3 Å². The fraction of sp³-hybridized carbons (Fsp3) is 0.211. The Hall–Kier alpha value is -3.29. The van der Waals surface area contributed by atoms with Crippen molar-refractivity contribution in [1.29, 1.82) is 0 Å². The SMILES string of the molecule is Cc1ccccc1NC(=O)CN1C(=O)N[C@@](C)(c2ccc(F)c(F)c2)C1=O. The van der Waals surface area contributed by atoms with Gasteiger partial charge in [-0.3, -0.25) is 14.5 Å². The molecule has 0 radical (unpaired) electrons. The number of urea groups is 1. The maximum atomic E-state index is 13.5. The fourth-order valence-corrected chi connectivity index (χ4v) is 2.89. The van der Waals surface area contributed by atoms with Crippen LogP contribution in [-0.4, -0.2) is 29.3 Å². The molecule has 1 saturated heterocycles. The summed E-state index contributed by atoms with van der Waals surface area (Å²) in [6.45, 7) is 2.68. The molecular weight excluding hydrogens is 356 g/mol. The van der Waals surface area contributed by atoms with Crippen LogP contribution >= 0.6 is 0 Å². The number of rotatable bonds is 4. The van der Waals surface area contributed by atoms with Crippen molar-refractivity contribution < 1.29 is 23.2 Å². The molecule has 1 atom stereocenters. The fourth-order valence-electron chi connectivity index (χ4n) is 2.89. The standard InChI is InChI=1S/C19H17F2N3O3/c1-11-5-3-4-6-15(11)22-16(25)10-24-17(26)19(2,23-18(24)27)12-7-8-13(20)14(21)9-12/h3-9H,10H2,1-2H3,(H,22,25)(H,23,27)/t19-/m0/s1. The maximum Gasteiger partial charge on any atom is 0.325 e. The average molecular weight is 373 g/mol. The van der Waals surface area contributed by atoms with Crippen LogP contribution in [0.5, 0.6) is 0 Å². The normalized spacial score (nSPS) is 19.2. The minimum Gasteiger partial charge on any atom is -0.324 e. The summed E-state index contributed by atoms with van der Waals surface area (Å²) >= 11 is 0. The molecule has 3 rings (SSSR count). The summed E-state index contributed by atoms with van der Waals surface area (Å²) in [5.74, 6) is -3.47. The number of imide groups is 1. The average Bonchev–Trinajstić information content (AvgIpc) is 2.83. The summed E-state index contributed by atoms with van der Waals surface area (Å²) < 4.78 is 26.7. The molecule has 1 aliphatic heterocycles. The van der Waals surface area contributed by atoms with Gasteiger partial charge in [0.15, 0.2) is 11.6 Å². The van der Waals surface area contributed by atoms with Gasteiger partial charge in [0.05, 0.1) is 0 Å². The number of hydrogen-bond acceptors (Lipinski definition) is 3. The van der Waals surface area contributed by atoms with Crippen LogP contribution in [0, 0.1) is 18.6 Å². The molecule has 2 aromatic carbocycles. The van der Waals surface area contributed by atoms with Crippen molar-refractivity contribution in [3.05, 3.63) is 65.2 Å². The van der Waals surface area contributed by atoms with Gasteiger partial charge in [0.1, 0.15) is 12.1 Å². The molecule has 4 amide bonds. The van der Waals surface area contributed by atoms with Crippen LogP contribution in [-0.2, 0) is 15.1 Å². The van der Waals surface area contributed by atoms with Crippen molar-refractivity contribution in [3.63, 3.8) is 0 Å². The highest BCUT2D eigenvalue weighted by atomic mass is 19.2. The molecule has 0 saturated carbocycles. The summed E-state index contributed by atoms with van der Waals surface area (Å²) in [5.41, 5.74) is -0.108. The highest BCUT2D eigenvalue weighted by molar-refractivity contribution is 6.10. The van der Waals surface area contributed by atoms with E-state index in [9.17, 15) is 23.2 Å². The molecule has 1 aliphatic rings. The van der Waals surface area contributed by atoms with Gasteiger partial charge < -0.3 is 10.6 Å². The first-order valence-corrected chi connectivity index (χ1v) is 8.17. The van der Waals surface area contributed by atoms with E-state index in [1.54, 1.807) is 12.1 Å². The molecule has 6 nitrogen and oxygen atoms in total. The number of nitrogens with zero attached hydrogens (tertiary/aromatic N) is 1. The topological polar surface area (TPSA) is 78.5 Å². The molecular formula is C19H17F2N3O3. The number of halogens is 2. The lowest BCUT2D eigenvalue weighted by molar-refractivity contribution is -0.133. The van der Waals surface area contributed by atoms with Crippen molar-refractivity contribution in [2.45, 2.75) is 19.4 Å². The summed E-state index contributed by atoms with van der Waals surface area (Å²) in [5, 5.41) is 5.08. The van der Waals surface area contributed by atoms with E-state index in [1.807, 2.05) is 19.1 Å². The number of carbonyl (C=O) groups is 3. The smallest absolute Gasteiger partial charge is 0.324 e. The Balaban J connectivity index is 1.78. The van der Waals surface area contributed by atoms with E-state index in [4.69, 9.17) is 0 Å². The molecule has 0 aliphatic carbocycles. The lowest BCUT2D eigenvalue weighted by Gasteiger charge is -2.22. The number of carbonyl (C=O) groups excluding carboxylic acids is 3. The van der Waals surface area contributed by atoms with Gasteiger partial charge in [0.25, 0.3) is 5.91 Å². The predicted molar refractivity (Wildman–Crippen MR) is 93.8 cm³/mol. The largest absolute Gasteiger partial charge is 0.325 e. The van der Waals surface area contributed by atoms with E-state index in [1.165, 1.54) is 13.0 Å². The maximum absolute atomic E-state index is 13.5. The molecule has 0 unspecified atom stereocenters. The monoisotopic (exact) mass is 373 g/mol. The lowest BCUT2D eigenvalue weighted by atomic mass is 9.92. The van der Waals surface area contributed by atoms with Crippen LogP contribution in [0.2, 0.25) is 0 Å². The number of benzene rings is 2. The van der Waals surface area contributed by atoms with E-state index in [0.29, 0.717) is 5.69 Å². The first kappa shape index (κ1) is 18.5. The zero-order valence-corrected chi connectivity index (χ0v) is 14.7. The second-order valence-electron chi connectivity index (χ2n) is 6.44. The quantitative estimate of drug-likeness (QED) is 0.809. The van der Waals surface area contributed by atoms with Gasteiger partial charge in [-0.25, -0.2) is 13.6 Å². The van der Waals surface area contributed by atoms with Crippen molar-refractivity contribution in [2.75, 3.05) is 11.9 Å². The molecule has 27 heavy (non-hydrogen) atoms. The van der Waals surface area contributed by atoms with Crippen LogP contribution in [0.4, 0.5) is 19.3 Å². The third kappa shape index (κ3) is 3.38. The van der Waals surface area contributed by atoms with Crippen molar-refractivity contribution in [1.82, 2.24) is 10.2 Å². The van der Waals surface area contributed by atoms with E-state index >= 15 is 0 Å². The summed E-state index contributed by atoms with van der Waals surface area (Å²) in [7, 11) is 0. The Kier molecular flexibility index (Phi) is 4.65. The van der Waals surface area contributed by atoms with E-state index in [2.05, 4.69) is 10.6 Å². The Morgan fingerprint density at radius 1 is 1.15 bits per heavy atom. The zero-order chi connectivity index (χ0) is 19.8. The first-order valence-electron chi connectivity index (χ1n) is 8.17. The van der Waals surface area contributed by atoms with Crippen molar-refractivity contribution in [2.24, 2.45) is 0 Å². The second-order valence-corrected chi connectivity index (χ2v) is 6.44. The molecule has 8 heteroatoms. The number of aryl methyl sites for hydroxylation is 1. The van der Waals surface area contributed by atoms with Gasteiger partial charge >= 0.3 is 6.03 Å². The van der Waals surface area contributed by atoms with E-state index < -0.39 is 41.6 Å². The Morgan fingerprint density at radius 2 is 1.85 bits per heavy atom. The second kappa shape index (κ2) is 6.79. The molecule has 0 aromatic heterocycles. The highest BCUT2D eigenvalue weighted by Gasteiger charge is 2.49. The number of anilines is 1. The van der Waals surface area contributed by atoms with Crippen LogP contribution < -0.4 is 10.6 Å². The number of hydrogen-bond donors (Lipinski definition) is 2. The van der Waals surface area contributed by atoms with Gasteiger partial charge in [-0.15, -0.1) is 0 Å². The Morgan fingerprint density at radius 3 is 2.52 bits per heavy atom. The Bertz CT molecular complexity index is 948. The summed E-state index contributed by atoms with van der Waals surface area (Å²) in [6, 6.07) is 9.23. The molecule has 2 aromatic rings. The number of nitrogens with one attached hydrogen (secondary N) is 2. The minimum atomic E-state index is -1.59. The van der Waals surface area contributed by atoms with Crippen LogP contribution in [0.1, 0.15) is 18.1 Å². The van der Waals surface area contributed by atoms with Gasteiger partial charge in [-0.2, -0.15) is 0 Å². The molecule has 0 spiro atoms. The minimum absolute atomic E-state index is 0.0848. The number of para-hydroxylation sites is 1. The molecule has 140 valence electrons. The van der Waals surface area contributed by atoms with Crippen molar-refractivity contribution >= 4 is 23.5 Å². The third-order valence-corrected chi connectivity index (χ3v) is 4.49. The first-order chi connectivity index (χ1) is 12.7. The summed E-state index contributed by atoms with van der Waals surface area (Å²) in [4.78, 5) is 38.0. The molecule has 1 heterocycles. The predicted octanol–water partition coefficient (Wildman–Crippen LogP) is 2.68. The van der Waals surface area contributed by atoms with Gasteiger partial charge in [0, 0.05) is 5.69 Å². The van der Waals surface area contributed by atoms with E-state index in [-0.39, 0.29) is 5.56 Å². The number of amides is 4. The third-order valence-electron chi connectivity index (χ3n) is 4.49. The highest BCUT2D eigenvalue weighted by Crippen LogP contribution is 2.29. The molecule has 0 bridgehead atoms. The van der Waals surface area contributed by atoms with Gasteiger partial charge in [-0.05, 0) is 43.2 Å². The van der Waals surface area contributed by atoms with Crippen LogP contribution in [0.25, 0.3) is 0 Å².